The topological polar surface area (TPSA) is 103 Å². The van der Waals surface area contributed by atoms with E-state index in [1.165, 1.54) is 25.3 Å². The maximum absolute atomic E-state index is 12.8. The Bertz CT molecular complexity index is 1070. The van der Waals surface area contributed by atoms with Crippen molar-refractivity contribution < 1.29 is 28.6 Å². The molecule has 1 atom stereocenters. The average molecular weight is 479 g/mol. The molecule has 0 bridgehead atoms. The van der Waals surface area contributed by atoms with E-state index in [9.17, 15) is 14.4 Å². The molecule has 8 nitrogen and oxygen atoms in total. The lowest BCUT2D eigenvalue weighted by molar-refractivity contribution is -0.139. The zero-order valence-electron chi connectivity index (χ0n) is 17.2. The van der Waals surface area contributed by atoms with E-state index < -0.39 is 30.6 Å². The molecule has 2 N–H and O–H groups in total. The number of carbonyl (C=O) groups is 3. The van der Waals surface area contributed by atoms with E-state index in [-0.39, 0.29) is 28.5 Å². The molecule has 0 aliphatic carbocycles. The lowest BCUT2D eigenvalue weighted by Crippen LogP contribution is -2.47. The highest BCUT2D eigenvalue weighted by Gasteiger charge is 2.34. The van der Waals surface area contributed by atoms with Gasteiger partial charge in [0, 0.05) is 5.02 Å². The predicted octanol–water partition coefficient (Wildman–Crippen LogP) is 4.03. The third-order valence-electron chi connectivity index (χ3n) is 4.59. The van der Waals surface area contributed by atoms with Crippen LogP contribution in [0.4, 0.5) is 4.79 Å². The number of hydrogen-bond donors (Lipinski definition) is 2. The Morgan fingerprint density at radius 3 is 2.41 bits per heavy atom. The van der Waals surface area contributed by atoms with Crippen LogP contribution in [0, 0.1) is 0 Å². The number of ether oxygens (including phenoxy) is 3. The SMILES string of the molecule is CCOC(=O)C1=C(COC(=O)c2cc(Cl)ccc2Cl)NC(=O)NC1c1ccc(OC)cc1. The minimum atomic E-state index is -0.822. The second-order valence-electron chi connectivity index (χ2n) is 6.62. The van der Waals surface area contributed by atoms with Crippen LogP contribution in [0.3, 0.4) is 0 Å². The Hall–Kier alpha value is -3.23. The van der Waals surface area contributed by atoms with E-state index in [0.29, 0.717) is 16.3 Å². The minimum absolute atomic E-state index is 0.0596. The molecule has 0 aromatic heterocycles. The van der Waals surface area contributed by atoms with Crippen LogP contribution < -0.4 is 15.4 Å². The van der Waals surface area contributed by atoms with Gasteiger partial charge in [-0.05, 0) is 42.8 Å². The monoisotopic (exact) mass is 478 g/mol. The minimum Gasteiger partial charge on any atom is -0.497 e. The Morgan fingerprint density at radius 2 is 1.75 bits per heavy atom. The summed E-state index contributed by atoms with van der Waals surface area (Å²) in [5.41, 5.74) is 0.885. The first kappa shape index (κ1) is 23.4. The van der Waals surface area contributed by atoms with E-state index in [2.05, 4.69) is 10.6 Å². The van der Waals surface area contributed by atoms with Crippen molar-refractivity contribution in [1.82, 2.24) is 10.6 Å². The number of nitrogens with one attached hydrogen (secondary N) is 2. The second-order valence-corrected chi connectivity index (χ2v) is 7.46. The summed E-state index contributed by atoms with van der Waals surface area (Å²) in [6, 6.07) is 9.81. The van der Waals surface area contributed by atoms with Gasteiger partial charge < -0.3 is 24.8 Å². The summed E-state index contributed by atoms with van der Waals surface area (Å²) in [5, 5.41) is 5.69. The number of halogens is 2. The highest BCUT2D eigenvalue weighted by atomic mass is 35.5. The zero-order chi connectivity index (χ0) is 23.3. The van der Waals surface area contributed by atoms with Gasteiger partial charge in [-0.25, -0.2) is 14.4 Å². The highest BCUT2D eigenvalue weighted by molar-refractivity contribution is 6.35. The summed E-state index contributed by atoms with van der Waals surface area (Å²) < 4.78 is 15.7. The van der Waals surface area contributed by atoms with Crippen LogP contribution in [0.25, 0.3) is 0 Å². The summed E-state index contributed by atoms with van der Waals surface area (Å²) in [6.45, 7) is 1.39. The van der Waals surface area contributed by atoms with Crippen LogP contribution in [0.2, 0.25) is 10.0 Å². The Balaban J connectivity index is 1.93. The largest absolute Gasteiger partial charge is 0.497 e. The van der Waals surface area contributed by atoms with Gasteiger partial charge in [0.2, 0.25) is 0 Å². The Labute approximate surface area is 194 Å². The summed E-state index contributed by atoms with van der Waals surface area (Å²) in [6.07, 6.45) is 0. The normalized spacial score (nSPS) is 15.5. The van der Waals surface area contributed by atoms with E-state index in [0.717, 1.165) is 0 Å². The molecule has 10 heteroatoms. The van der Waals surface area contributed by atoms with Gasteiger partial charge in [0.15, 0.2) is 0 Å². The molecule has 2 amide bonds. The molecule has 1 unspecified atom stereocenters. The van der Waals surface area contributed by atoms with Crippen LogP contribution in [0.5, 0.6) is 5.75 Å². The van der Waals surface area contributed by atoms with Gasteiger partial charge in [0.25, 0.3) is 0 Å². The third-order valence-corrected chi connectivity index (χ3v) is 5.16. The molecule has 0 fully saturated rings. The number of hydrogen-bond acceptors (Lipinski definition) is 6. The highest BCUT2D eigenvalue weighted by Crippen LogP contribution is 2.29. The van der Waals surface area contributed by atoms with Gasteiger partial charge in [-0.2, -0.15) is 0 Å². The van der Waals surface area contributed by atoms with Crippen LogP contribution in [-0.4, -0.2) is 38.3 Å². The van der Waals surface area contributed by atoms with E-state index in [1.54, 1.807) is 31.2 Å². The van der Waals surface area contributed by atoms with Gasteiger partial charge in [0.1, 0.15) is 12.4 Å². The summed E-state index contributed by atoms with van der Waals surface area (Å²) in [4.78, 5) is 37.6. The number of urea groups is 1. The number of carbonyl (C=O) groups excluding carboxylic acids is 3. The maximum Gasteiger partial charge on any atom is 0.340 e. The molecule has 2 aromatic carbocycles. The molecule has 0 radical (unpaired) electrons. The number of methoxy groups -OCH3 is 1. The van der Waals surface area contributed by atoms with Crippen molar-refractivity contribution in [2.45, 2.75) is 13.0 Å². The van der Waals surface area contributed by atoms with Gasteiger partial charge in [-0.15, -0.1) is 0 Å². The molecule has 1 heterocycles. The zero-order valence-corrected chi connectivity index (χ0v) is 18.8. The van der Waals surface area contributed by atoms with Crippen molar-refractivity contribution in [3.8, 4) is 5.75 Å². The van der Waals surface area contributed by atoms with Crippen LogP contribution in [-0.2, 0) is 14.3 Å². The number of amides is 2. The van der Waals surface area contributed by atoms with E-state index >= 15 is 0 Å². The first-order valence-electron chi connectivity index (χ1n) is 9.57. The van der Waals surface area contributed by atoms with Crippen molar-refractivity contribution in [3.63, 3.8) is 0 Å². The van der Waals surface area contributed by atoms with Crippen molar-refractivity contribution >= 4 is 41.2 Å². The lowest BCUT2D eigenvalue weighted by Gasteiger charge is -2.29. The Morgan fingerprint density at radius 1 is 1.03 bits per heavy atom. The quantitative estimate of drug-likeness (QED) is 0.582. The van der Waals surface area contributed by atoms with Crippen LogP contribution in [0.1, 0.15) is 28.9 Å². The summed E-state index contributed by atoms with van der Waals surface area (Å²) >= 11 is 12.0. The first-order chi connectivity index (χ1) is 15.3. The second kappa shape index (κ2) is 10.4. The lowest BCUT2D eigenvalue weighted by atomic mass is 9.95. The smallest absolute Gasteiger partial charge is 0.340 e. The molecule has 2 aromatic rings. The summed E-state index contributed by atoms with van der Waals surface area (Å²) in [5.74, 6) is -0.808. The van der Waals surface area contributed by atoms with Crippen molar-refractivity contribution in [1.29, 1.82) is 0 Å². The number of benzene rings is 2. The van der Waals surface area contributed by atoms with Crippen LogP contribution in [0.15, 0.2) is 53.7 Å². The van der Waals surface area contributed by atoms with Gasteiger partial charge in [-0.3, -0.25) is 0 Å². The molecule has 1 aliphatic rings. The first-order valence-corrected chi connectivity index (χ1v) is 10.3. The number of esters is 2. The standard InChI is InChI=1S/C22H20Cl2N2O6/c1-3-31-21(28)18-17(11-32-20(27)15-10-13(23)6-9-16(15)24)25-22(29)26-19(18)12-4-7-14(30-2)8-5-12/h4-10,19H,3,11H2,1-2H3,(H2,25,26,29). The maximum atomic E-state index is 12.8. The molecule has 32 heavy (non-hydrogen) atoms. The fourth-order valence-electron chi connectivity index (χ4n) is 3.10. The third kappa shape index (κ3) is 5.33. The predicted molar refractivity (Wildman–Crippen MR) is 118 cm³/mol. The molecule has 1 aliphatic heterocycles. The molecule has 168 valence electrons. The molecule has 0 spiro atoms. The fourth-order valence-corrected chi connectivity index (χ4v) is 3.46. The number of rotatable bonds is 7. The molecular weight excluding hydrogens is 459 g/mol. The molecular formula is C22H20Cl2N2O6. The fraction of sp³-hybridized carbons (Fsp3) is 0.227. The Kier molecular flexibility index (Phi) is 7.61. The molecule has 0 saturated carbocycles. The van der Waals surface area contributed by atoms with Gasteiger partial charge in [0.05, 0.1) is 41.6 Å². The van der Waals surface area contributed by atoms with Crippen molar-refractivity contribution in [2.75, 3.05) is 20.3 Å². The van der Waals surface area contributed by atoms with E-state index in [1.807, 2.05) is 0 Å². The van der Waals surface area contributed by atoms with Gasteiger partial charge >= 0.3 is 18.0 Å². The van der Waals surface area contributed by atoms with Crippen molar-refractivity contribution in [2.24, 2.45) is 0 Å². The van der Waals surface area contributed by atoms with Gasteiger partial charge in [-0.1, -0.05) is 35.3 Å². The van der Waals surface area contributed by atoms with Crippen LogP contribution >= 0.6 is 23.2 Å². The van der Waals surface area contributed by atoms with E-state index in [4.69, 9.17) is 37.4 Å². The molecule has 0 saturated heterocycles. The average Bonchev–Trinajstić information content (AvgIpc) is 2.78. The molecule has 3 rings (SSSR count). The summed E-state index contributed by atoms with van der Waals surface area (Å²) in [7, 11) is 1.53. The van der Waals surface area contributed by atoms with Crippen molar-refractivity contribution in [3.05, 3.63) is 74.9 Å².